The first-order chi connectivity index (χ1) is 18.1. The third kappa shape index (κ3) is 6.61. The van der Waals surface area contributed by atoms with Crippen molar-refractivity contribution in [2.75, 3.05) is 24.6 Å². The number of aryl methyl sites for hydroxylation is 2. The Morgan fingerprint density at radius 2 is 1.97 bits per heavy atom. The highest BCUT2D eigenvalue weighted by atomic mass is 35.5. The number of hydrogen-bond acceptors (Lipinski definition) is 6. The van der Waals surface area contributed by atoms with Crippen molar-refractivity contribution in [3.8, 4) is 0 Å². The number of carbonyl (C=O) groups excluding carboxylic acids is 1. The van der Waals surface area contributed by atoms with Crippen molar-refractivity contribution in [1.29, 1.82) is 0 Å². The number of piperidine rings is 1. The number of carbonyl (C=O) groups is 1. The number of rotatable bonds is 9. The standard InChI is InChI=1S/C28H36ClN5O3/c1-33-19-21(24-16-23(29)9-10-25(24)33)7-3-2-6-20-11-13-34(14-12-20)28-30-17-22(18-31-28)27(35)32-37-26-8-4-5-15-36-26/h9-10,16-20,26H,2-8,11-15H2,1H3,(H,32,35). The van der Waals surface area contributed by atoms with Gasteiger partial charge in [0.25, 0.3) is 5.91 Å². The maximum absolute atomic E-state index is 12.3. The number of aromatic nitrogens is 3. The smallest absolute Gasteiger partial charge is 0.278 e. The van der Waals surface area contributed by atoms with E-state index in [-0.39, 0.29) is 12.2 Å². The monoisotopic (exact) mass is 525 g/mol. The summed E-state index contributed by atoms with van der Waals surface area (Å²) >= 11 is 6.23. The molecule has 2 aliphatic heterocycles. The molecule has 0 radical (unpaired) electrons. The molecule has 2 aromatic heterocycles. The number of benzene rings is 1. The quantitative estimate of drug-likeness (QED) is 0.296. The fourth-order valence-electron chi connectivity index (χ4n) is 5.40. The van der Waals surface area contributed by atoms with Gasteiger partial charge in [0.1, 0.15) is 0 Å². The Bertz CT molecular complexity index is 1180. The number of ether oxygens (including phenoxy) is 1. The molecular weight excluding hydrogens is 490 g/mol. The Morgan fingerprint density at radius 3 is 2.73 bits per heavy atom. The number of unbranched alkanes of at least 4 members (excludes halogenated alkanes) is 1. The molecule has 1 atom stereocenters. The lowest BCUT2D eigenvalue weighted by Gasteiger charge is -2.32. The van der Waals surface area contributed by atoms with E-state index in [1.807, 2.05) is 6.07 Å². The Balaban J connectivity index is 1.02. The van der Waals surface area contributed by atoms with E-state index < -0.39 is 0 Å². The minimum absolute atomic E-state index is 0.356. The molecule has 5 rings (SSSR count). The highest BCUT2D eigenvalue weighted by Gasteiger charge is 2.22. The van der Waals surface area contributed by atoms with Crippen LogP contribution in [-0.4, -0.2) is 46.4 Å². The van der Waals surface area contributed by atoms with Gasteiger partial charge in [-0.2, -0.15) is 0 Å². The first kappa shape index (κ1) is 25.9. The second-order valence-corrected chi connectivity index (χ2v) is 10.7. The first-order valence-corrected chi connectivity index (χ1v) is 13.8. The number of nitrogens with zero attached hydrogens (tertiary/aromatic N) is 4. The third-order valence-electron chi connectivity index (χ3n) is 7.56. The maximum atomic E-state index is 12.3. The average Bonchev–Trinajstić information content (AvgIpc) is 3.25. The van der Waals surface area contributed by atoms with Crippen LogP contribution < -0.4 is 10.4 Å². The number of amides is 1. The van der Waals surface area contributed by atoms with Crippen LogP contribution in [0.1, 0.15) is 67.3 Å². The number of anilines is 1. The van der Waals surface area contributed by atoms with Crippen molar-refractivity contribution in [2.45, 2.75) is 64.1 Å². The number of fused-ring (bicyclic) bond motifs is 1. The first-order valence-electron chi connectivity index (χ1n) is 13.4. The molecule has 198 valence electrons. The second kappa shape index (κ2) is 12.2. The fraction of sp³-hybridized carbons (Fsp3) is 0.536. The summed E-state index contributed by atoms with van der Waals surface area (Å²) in [4.78, 5) is 28.8. The van der Waals surface area contributed by atoms with E-state index in [4.69, 9.17) is 21.2 Å². The maximum Gasteiger partial charge on any atom is 0.278 e. The zero-order chi connectivity index (χ0) is 25.6. The minimum Gasteiger partial charge on any atom is -0.350 e. The normalized spacial score (nSPS) is 18.9. The van der Waals surface area contributed by atoms with E-state index >= 15 is 0 Å². The summed E-state index contributed by atoms with van der Waals surface area (Å²) < 4.78 is 7.65. The zero-order valence-electron chi connectivity index (χ0n) is 21.5. The van der Waals surface area contributed by atoms with Crippen LogP contribution in [0.4, 0.5) is 5.95 Å². The molecule has 2 saturated heterocycles. The van der Waals surface area contributed by atoms with Crippen molar-refractivity contribution in [3.63, 3.8) is 0 Å². The summed E-state index contributed by atoms with van der Waals surface area (Å²) in [5, 5.41) is 2.07. The topological polar surface area (TPSA) is 81.5 Å². The van der Waals surface area contributed by atoms with Crippen molar-refractivity contribution in [1.82, 2.24) is 20.0 Å². The van der Waals surface area contributed by atoms with E-state index in [1.54, 1.807) is 12.4 Å². The molecule has 0 spiro atoms. The van der Waals surface area contributed by atoms with Gasteiger partial charge in [-0.1, -0.05) is 24.4 Å². The molecule has 3 aromatic rings. The highest BCUT2D eigenvalue weighted by Crippen LogP contribution is 2.28. The van der Waals surface area contributed by atoms with Crippen LogP contribution >= 0.6 is 11.6 Å². The lowest BCUT2D eigenvalue weighted by Crippen LogP contribution is -2.35. The van der Waals surface area contributed by atoms with Crippen LogP contribution in [0.3, 0.4) is 0 Å². The van der Waals surface area contributed by atoms with Gasteiger partial charge in [-0.3, -0.25) is 4.79 Å². The van der Waals surface area contributed by atoms with Crippen LogP contribution in [0.15, 0.2) is 36.8 Å². The lowest BCUT2D eigenvalue weighted by atomic mass is 9.91. The van der Waals surface area contributed by atoms with Crippen molar-refractivity contribution in [3.05, 3.63) is 52.9 Å². The number of hydrogen-bond donors (Lipinski definition) is 1. The molecule has 37 heavy (non-hydrogen) atoms. The van der Waals surface area contributed by atoms with Crippen molar-refractivity contribution in [2.24, 2.45) is 13.0 Å². The molecule has 2 fully saturated rings. The fourth-order valence-corrected chi connectivity index (χ4v) is 5.57. The molecule has 4 heterocycles. The molecule has 1 amide bonds. The zero-order valence-corrected chi connectivity index (χ0v) is 22.3. The molecule has 0 aliphatic carbocycles. The van der Waals surface area contributed by atoms with Crippen molar-refractivity contribution >= 4 is 34.4 Å². The van der Waals surface area contributed by atoms with E-state index in [9.17, 15) is 4.79 Å². The summed E-state index contributed by atoms with van der Waals surface area (Å²) in [5.41, 5.74) is 5.46. The van der Waals surface area contributed by atoms with Crippen LogP contribution in [0, 0.1) is 5.92 Å². The average molecular weight is 526 g/mol. The Kier molecular flexibility index (Phi) is 8.59. The predicted octanol–water partition coefficient (Wildman–Crippen LogP) is 5.44. The Labute approximate surface area is 223 Å². The van der Waals surface area contributed by atoms with Crippen LogP contribution in [0.5, 0.6) is 0 Å². The summed E-state index contributed by atoms with van der Waals surface area (Å²) in [6.45, 7) is 2.55. The van der Waals surface area contributed by atoms with Gasteiger partial charge < -0.3 is 14.2 Å². The van der Waals surface area contributed by atoms with Crippen LogP contribution in [0.25, 0.3) is 10.9 Å². The summed E-state index contributed by atoms with van der Waals surface area (Å²) in [5.74, 6) is 1.06. The summed E-state index contributed by atoms with van der Waals surface area (Å²) in [6.07, 6.45) is 14.9. The van der Waals surface area contributed by atoms with Gasteiger partial charge in [-0.25, -0.2) is 20.3 Å². The number of hydroxylamine groups is 1. The van der Waals surface area contributed by atoms with Gasteiger partial charge in [-0.05, 0) is 68.2 Å². The van der Waals surface area contributed by atoms with Gasteiger partial charge in [0, 0.05) is 67.7 Å². The SMILES string of the molecule is Cn1cc(CCCCC2CCN(c3ncc(C(=O)NOC4CCCCO4)cn3)CC2)c2cc(Cl)ccc21. The molecule has 1 N–H and O–H groups in total. The number of nitrogens with one attached hydrogen (secondary N) is 1. The third-order valence-corrected chi connectivity index (χ3v) is 7.80. The van der Waals surface area contributed by atoms with Gasteiger partial charge in [0.05, 0.1) is 5.56 Å². The summed E-state index contributed by atoms with van der Waals surface area (Å²) in [6, 6.07) is 6.14. The second-order valence-electron chi connectivity index (χ2n) is 10.2. The molecule has 8 nitrogen and oxygen atoms in total. The highest BCUT2D eigenvalue weighted by molar-refractivity contribution is 6.31. The molecule has 1 aromatic carbocycles. The van der Waals surface area contributed by atoms with E-state index in [1.165, 1.54) is 35.7 Å². The minimum atomic E-state index is -0.378. The molecule has 9 heteroatoms. The van der Waals surface area contributed by atoms with E-state index in [0.717, 1.165) is 62.6 Å². The summed E-state index contributed by atoms with van der Waals surface area (Å²) in [7, 11) is 2.10. The Morgan fingerprint density at radius 1 is 1.16 bits per heavy atom. The van der Waals surface area contributed by atoms with Gasteiger partial charge >= 0.3 is 0 Å². The van der Waals surface area contributed by atoms with Gasteiger partial charge in [0.2, 0.25) is 5.95 Å². The number of halogens is 1. The van der Waals surface area contributed by atoms with E-state index in [2.05, 4.69) is 50.3 Å². The van der Waals surface area contributed by atoms with Gasteiger partial charge in [0.15, 0.2) is 6.29 Å². The lowest BCUT2D eigenvalue weighted by molar-refractivity contribution is -0.186. The predicted molar refractivity (Wildman–Crippen MR) is 145 cm³/mol. The van der Waals surface area contributed by atoms with Crippen molar-refractivity contribution < 1.29 is 14.4 Å². The molecule has 0 saturated carbocycles. The molecule has 1 unspecified atom stereocenters. The Hall–Kier alpha value is -2.68. The van der Waals surface area contributed by atoms with E-state index in [0.29, 0.717) is 18.1 Å². The molecule has 0 bridgehead atoms. The van der Waals surface area contributed by atoms with Gasteiger partial charge in [-0.15, -0.1) is 0 Å². The largest absolute Gasteiger partial charge is 0.350 e. The molecular formula is C28H36ClN5O3. The molecule has 2 aliphatic rings. The van der Waals surface area contributed by atoms with Crippen LogP contribution in [-0.2, 0) is 23.0 Å². The van der Waals surface area contributed by atoms with Crippen LogP contribution in [0.2, 0.25) is 5.02 Å².